The minimum Gasteiger partial charge on any atom is -0.497 e. The van der Waals surface area contributed by atoms with Gasteiger partial charge in [0, 0.05) is 10.4 Å². The molecule has 0 saturated heterocycles. The lowest BCUT2D eigenvalue weighted by Crippen LogP contribution is -2.16. The number of anilines is 1. The lowest BCUT2D eigenvalue weighted by molar-refractivity contribution is 0.0526. The van der Waals surface area contributed by atoms with Gasteiger partial charge in [-0.25, -0.2) is 4.79 Å². The van der Waals surface area contributed by atoms with Crippen LogP contribution in [-0.2, 0) is 17.6 Å². The number of fused-ring (bicyclic) bond motifs is 1. The summed E-state index contributed by atoms with van der Waals surface area (Å²) in [6.45, 7) is 2.07. The van der Waals surface area contributed by atoms with Crippen molar-refractivity contribution in [2.75, 3.05) is 19.0 Å². The van der Waals surface area contributed by atoms with Gasteiger partial charge < -0.3 is 14.8 Å². The number of benzene rings is 1. The van der Waals surface area contributed by atoms with Gasteiger partial charge in [-0.1, -0.05) is 12.1 Å². The van der Waals surface area contributed by atoms with Crippen LogP contribution in [0.4, 0.5) is 5.00 Å². The van der Waals surface area contributed by atoms with Gasteiger partial charge in [0.2, 0.25) is 0 Å². The Morgan fingerprint density at radius 1 is 1.23 bits per heavy atom. The van der Waals surface area contributed by atoms with E-state index in [0.717, 1.165) is 41.7 Å². The summed E-state index contributed by atoms with van der Waals surface area (Å²) in [6, 6.07) is 9.14. The Morgan fingerprint density at radius 3 is 2.87 bits per heavy atom. The molecular weight excluding hydrogens is 402 g/mol. The van der Waals surface area contributed by atoms with E-state index in [4.69, 9.17) is 9.47 Å². The first-order valence-corrected chi connectivity index (χ1v) is 10.7. The smallest absolute Gasteiger partial charge is 0.341 e. The lowest BCUT2D eigenvalue weighted by Gasteiger charge is -2.12. The molecule has 30 heavy (non-hydrogen) atoms. The van der Waals surface area contributed by atoms with E-state index in [9.17, 15) is 9.59 Å². The van der Waals surface area contributed by atoms with Crippen LogP contribution in [0.2, 0.25) is 0 Å². The molecule has 1 aliphatic rings. The van der Waals surface area contributed by atoms with Crippen LogP contribution in [0.15, 0.2) is 30.3 Å². The Hall–Kier alpha value is -3.13. The van der Waals surface area contributed by atoms with Gasteiger partial charge in [-0.15, -0.1) is 11.3 Å². The van der Waals surface area contributed by atoms with E-state index in [2.05, 4.69) is 15.5 Å². The Morgan fingerprint density at radius 2 is 2.07 bits per heavy atom. The van der Waals surface area contributed by atoms with E-state index in [1.54, 1.807) is 20.1 Å². The van der Waals surface area contributed by atoms with Crippen molar-refractivity contribution >= 4 is 28.2 Å². The Balaban J connectivity index is 1.59. The zero-order chi connectivity index (χ0) is 21.1. The third-order valence-electron chi connectivity index (χ3n) is 5.07. The normalized spacial score (nSPS) is 12.9. The van der Waals surface area contributed by atoms with Crippen LogP contribution >= 0.6 is 11.3 Å². The molecule has 1 aromatic carbocycles. The second-order valence-electron chi connectivity index (χ2n) is 6.99. The Bertz CT molecular complexity index is 1090. The lowest BCUT2D eigenvalue weighted by atomic mass is 9.95. The fourth-order valence-corrected chi connectivity index (χ4v) is 4.88. The second kappa shape index (κ2) is 8.71. The van der Waals surface area contributed by atoms with E-state index in [1.807, 2.05) is 24.3 Å². The van der Waals surface area contributed by atoms with Crippen LogP contribution < -0.4 is 10.1 Å². The number of aromatic amines is 1. The van der Waals surface area contributed by atoms with Gasteiger partial charge in [0.05, 0.1) is 25.0 Å². The van der Waals surface area contributed by atoms with Gasteiger partial charge in [-0.2, -0.15) is 5.10 Å². The second-order valence-corrected chi connectivity index (χ2v) is 8.09. The van der Waals surface area contributed by atoms with Gasteiger partial charge in [0.15, 0.2) is 0 Å². The number of hydrogen-bond acceptors (Lipinski definition) is 6. The number of ether oxygens (including phenoxy) is 2. The molecule has 156 valence electrons. The summed E-state index contributed by atoms with van der Waals surface area (Å²) in [5.41, 5.74) is 3.30. The molecular formula is C22H23N3O4S. The summed E-state index contributed by atoms with van der Waals surface area (Å²) in [4.78, 5) is 26.6. The number of nitrogens with one attached hydrogen (secondary N) is 2. The third kappa shape index (κ3) is 3.95. The highest BCUT2D eigenvalue weighted by Gasteiger charge is 2.27. The van der Waals surface area contributed by atoms with E-state index >= 15 is 0 Å². The molecule has 2 N–H and O–H groups in total. The zero-order valence-corrected chi connectivity index (χ0v) is 17.7. The van der Waals surface area contributed by atoms with Crippen molar-refractivity contribution < 1.29 is 19.1 Å². The maximum absolute atomic E-state index is 12.9. The predicted molar refractivity (Wildman–Crippen MR) is 115 cm³/mol. The Kier molecular flexibility index (Phi) is 5.85. The van der Waals surface area contributed by atoms with E-state index in [0.29, 0.717) is 34.3 Å². The summed E-state index contributed by atoms with van der Waals surface area (Å²) >= 11 is 1.46. The first kappa shape index (κ1) is 20.2. The largest absolute Gasteiger partial charge is 0.497 e. The number of aryl methyl sites for hydroxylation is 1. The zero-order valence-electron chi connectivity index (χ0n) is 16.9. The number of nitrogens with zero attached hydrogens (tertiary/aromatic N) is 1. The molecule has 2 aromatic heterocycles. The highest BCUT2D eigenvalue weighted by Crippen LogP contribution is 2.38. The van der Waals surface area contributed by atoms with E-state index in [1.165, 1.54) is 11.3 Å². The van der Waals surface area contributed by atoms with Crippen molar-refractivity contribution in [1.29, 1.82) is 0 Å². The summed E-state index contributed by atoms with van der Waals surface area (Å²) < 4.78 is 10.5. The number of thiophene rings is 1. The van der Waals surface area contributed by atoms with Crippen LogP contribution in [0.1, 0.15) is 51.1 Å². The third-order valence-corrected chi connectivity index (χ3v) is 6.27. The van der Waals surface area contributed by atoms with Crippen LogP contribution in [0.3, 0.4) is 0 Å². The molecule has 3 aromatic rings. The van der Waals surface area contributed by atoms with Crippen molar-refractivity contribution in [2.24, 2.45) is 0 Å². The van der Waals surface area contributed by atoms with Gasteiger partial charge >= 0.3 is 5.97 Å². The van der Waals surface area contributed by atoms with Gasteiger partial charge in [-0.05, 0) is 56.4 Å². The van der Waals surface area contributed by atoms with Crippen LogP contribution in [-0.4, -0.2) is 35.8 Å². The molecule has 0 unspecified atom stereocenters. The minimum absolute atomic E-state index is 0.293. The summed E-state index contributed by atoms with van der Waals surface area (Å²) in [7, 11) is 1.60. The summed E-state index contributed by atoms with van der Waals surface area (Å²) in [6.07, 6.45) is 3.88. The average molecular weight is 426 g/mol. The number of aromatic nitrogens is 2. The van der Waals surface area contributed by atoms with Crippen molar-refractivity contribution in [2.45, 2.75) is 32.6 Å². The fourth-order valence-electron chi connectivity index (χ4n) is 3.61. The molecule has 0 saturated carbocycles. The number of carbonyl (C=O) groups is 2. The molecule has 1 amide bonds. The van der Waals surface area contributed by atoms with Crippen LogP contribution in [0.25, 0.3) is 11.3 Å². The standard InChI is InChI=1S/C22H23N3O4S/c1-3-29-22(27)19-15-9-4-5-10-18(15)30-21(19)23-20(26)17-12-16(24-25-17)13-7-6-8-14(11-13)28-2/h6-8,11-12H,3-5,9-10H2,1-2H3,(H,23,26)(H,24,25). The number of carbonyl (C=O) groups excluding carboxylic acids is 2. The number of hydrogen-bond donors (Lipinski definition) is 2. The molecule has 0 aliphatic heterocycles. The monoisotopic (exact) mass is 425 g/mol. The number of H-pyrrole nitrogens is 1. The maximum Gasteiger partial charge on any atom is 0.341 e. The SMILES string of the molecule is CCOC(=O)c1c(NC(=O)c2cc(-c3cccc(OC)c3)n[nH]2)sc2c1CCCC2. The van der Waals surface area contributed by atoms with E-state index in [-0.39, 0.29) is 11.9 Å². The number of methoxy groups -OCH3 is 1. The molecule has 0 radical (unpaired) electrons. The highest BCUT2D eigenvalue weighted by atomic mass is 32.1. The molecule has 4 rings (SSSR count). The van der Waals surface area contributed by atoms with Crippen molar-refractivity contribution in [3.63, 3.8) is 0 Å². The molecule has 1 aliphatic carbocycles. The predicted octanol–water partition coefficient (Wildman–Crippen LogP) is 4.45. The molecule has 0 atom stereocenters. The van der Waals surface area contributed by atoms with Crippen molar-refractivity contribution in [3.8, 4) is 17.0 Å². The highest BCUT2D eigenvalue weighted by molar-refractivity contribution is 7.17. The van der Waals surface area contributed by atoms with E-state index < -0.39 is 0 Å². The Labute approximate surface area is 178 Å². The number of esters is 1. The van der Waals surface area contributed by atoms with Gasteiger partial charge in [0.25, 0.3) is 5.91 Å². The van der Waals surface area contributed by atoms with Crippen LogP contribution in [0.5, 0.6) is 5.75 Å². The molecule has 0 spiro atoms. The fraction of sp³-hybridized carbons (Fsp3) is 0.318. The molecule has 0 fully saturated rings. The van der Waals surface area contributed by atoms with Crippen LogP contribution in [0, 0.1) is 0 Å². The quantitative estimate of drug-likeness (QED) is 0.569. The summed E-state index contributed by atoms with van der Waals surface area (Å²) in [5.74, 6) is -0.0144. The average Bonchev–Trinajstić information content (AvgIpc) is 3.39. The first-order valence-electron chi connectivity index (χ1n) is 9.93. The maximum atomic E-state index is 12.9. The molecule has 8 heteroatoms. The van der Waals surface area contributed by atoms with Gasteiger partial charge in [0.1, 0.15) is 16.4 Å². The molecule has 2 heterocycles. The number of amides is 1. The van der Waals surface area contributed by atoms with Crippen molar-refractivity contribution in [1.82, 2.24) is 10.2 Å². The summed E-state index contributed by atoms with van der Waals surface area (Å²) in [5, 5.41) is 10.5. The van der Waals surface area contributed by atoms with Crippen molar-refractivity contribution in [3.05, 3.63) is 52.0 Å². The molecule has 0 bridgehead atoms. The molecule has 7 nitrogen and oxygen atoms in total. The topological polar surface area (TPSA) is 93.3 Å². The van der Waals surface area contributed by atoms with Gasteiger partial charge in [-0.3, -0.25) is 9.89 Å². The number of rotatable bonds is 6. The minimum atomic E-state index is -0.381. The first-order chi connectivity index (χ1) is 14.6.